The van der Waals surface area contributed by atoms with Crippen LogP contribution in [0.3, 0.4) is 0 Å². The highest BCUT2D eigenvalue weighted by molar-refractivity contribution is 8.15. The first-order valence-corrected chi connectivity index (χ1v) is 11.1. The van der Waals surface area contributed by atoms with Crippen LogP contribution in [-0.2, 0) is 0 Å². The van der Waals surface area contributed by atoms with Crippen molar-refractivity contribution in [3.8, 4) is 34.1 Å². The molecular formula is C23H20O4S. The third kappa shape index (κ3) is 2.29. The molecule has 0 saturated heterocycles. The number of hydrogen-bond donors (Lipinski definition) is 0. The Labute approximate surface area is 165 Å². The van der Waals surface area contributed by atoms with Gasteiger partial charge in [0.2, 0.25) is 13.6 Å². The molecule has 0 spiro atoms. The smallest absolute Gasteiger partial charge is 0.231 e. The number of hydrogen-bond acceptors (Lipinski definition) is 4. The molecule has 0 N–H and O–H groups in total. The van der Waals surface area contributed by atoms with E-state index in [1.165, 1.54) is 45.2 Å². The van der Waals surface area contributed by atoms with Gasteiger partial charge in [0.25, 0.3) is 0 Å². The van der Waals surface area contributed by atoms with Gasteiger partial charge in [0, 0.05) is 10.5 Å². The highest BCUT2D eigenvalue weighted by Gasteiger charge is 2.27. The van der Waals surface area contributed by atoms with Crippen molar-refractivity contribution in [2.45, 2.75) is 24.7 Å². The Hall–Kier alpha value is -2.66. The van der Waals surface area contributed by atoms with E-state index >= 15 is 0 Å². The lowest BCUT2D eigenvalue weighted by Crippen LogP contribution is -2.02. The molecule has 1 atom stereocenters. The summed E-state index contributed by atoms with van der Waals surface area (Å²) >= 11 is 0. The third-order valence-electron chi connectivity index (χ3n) is 5.57. The average molecular weight is 392 g/mol. The Morgan fingerprint density at radius 3 is 2.54 bits per heavy atom. The monoisotopic (exact) mass is 392 g/mol. The molecule has 6 rings (SSSR count). The minimum Gasteiger partial charge on any atom is -0.454 e. The zero-order chi connectivity index (χ0) is 18.7. The fraction of sp³-hybridized carbons (Fsp3) is 0.261. The van der Waals surface area contributed by atoms with Gasteiger partial charge in [0.15, 0.2) is 23.0 Å². The van der Waals surface area contributed by atoms with Gasteiger partial charge in [-0.05, 0) is 63.7 Å². The van der Waals surface area contributed by atoms with Gasteiger partial charge in [-0.25, -0.2) is 0 Å². The van der Waals surface area contributed by atoms with Gasteiger partial charge in [0.1, 0.15) is 0 Å². The fourth-order valence-electron chi connectivity index (χ4n) is 4.19. The van der Waals surface area contributed by atoms with Crippen molar-refractivity contribution in [2.75, 3.05) is 19.3 Å². The van der Waals surface area contributed by atoms with E-state index in [0.717, 1.165) is 28.8 Å². The van der Waals surface area contributed by atoms with Gasteiger partial charge >= 0.3 is 0 Å². The molecule has 142 valence electrons. The molecule has 3 aliphatic rings. The molecule has 0 saturated carbocycles. The van der Waals surface area contributed by atoms with Crippen molar-refractivity contribution in [3.05, 3.63) is 42.0 Å². The minimum atomic E-state index is -0.00118. The minimum absolute atomic E-state index is 0.00118. The summed E-state index contributed by atoms with van der Waals surface area (Å²) in [7, 11) is -0.00118. The highest BCUT2D eigenvalue weighted by atomic mass is 32.2. The summed E-state index contributed by atoms with van der Waals surface area (Å²) in [5.74, 6) is 4.56. The van der Waals surface area contributed by atoms with Crippen molar-refractivity contribution < 1.29 is 18.9 Å². The van der Waals surface area contributed by atoms with Crippen LogP contribution in [0.25, 0.3) is 21.9 Å². The Kier molecular flexibility index (Phi) is 3.60. The van der Waals surface area contributed by atoms with Gasteiger partial charge in [-0.1, -0.05) is 25.5 Å². The molecule has 3 heterocycles. The lowest BCUT2D eigenvalue weighted by Gasteiger charge is -2.24. The summed E-state index contributed by atoms with van der Waals surface area (Å²) in [6, 6.07) is 12.9. The molecule has 3 aromatic carbocycles. The van der Waals surface area contributed by atoms with Crippen LogP contribution in [-0.4, -0.2) is 24.7 Å². The van der Waals surface area contributed by atoms with Crippen LogP contribution >= 0.6 is 10.5 Å². The summed E-state index contributed by atoms with van der Waals surface area (Å²) in [5.41, 5.74) is 3.70. The van der Waals surface area contributed by atoms with Crippen molar-refractivity contribution in [1.29, 1.82) is 0 Å². The summed E-state index contributed by atoms with van der Waals surface area (Å²) in [6.07, 6.45) is 2.38. The SMILES string of the molecule is CCCCS1=Cc2c(ccc3c2OCO3)-c2ccc3cc4c(cc3c21)OCO4. The van der Waals surface area contributed by atoms with Crippen LogP contribution in [0, 0.1) is 0 Å². The van der Waals surface area contributed by atoms with E-state index in [0.29, 0.717) is 13.6 Å². The summed E-state index contributed by atoms with van der Waals surface area (Å²) in [6.45, 7) is 2.85. The maximum absolute atomic E-state index is 5.83. The molecule has 5 heteroatoms. The third-order valence-corrected chi connectivity index (χ3v) is 7.78. The van der Waals surface area contributed by atoms with Crippen LogP contribution in [0.15, 0.2) is 41.3 Å². The molecule has 0 aliphatic carbocycles. The van der Waals surface area contributed by atoms with E-state index in [1.807, 2.05) is 6.07 Å². The first-order valence-electron chi connectivity index (χ1n) is 9.67. The first-order chi connectivity index (χ1) is 13.8. The second-order valence-electron chi connectivity index (χ2n) is 7.23. The molecule has 3 aromatic rings. The number of rotatable bonds is 3. The Bertz CT molecular complexity index is 1170. The van der Waals surface area contributed by atoms with Crippen LogP contribution in [0.5, 0.6) is 23.0 Å². The number of fused-ring (bicyclic) bond motifs is 8. The van der Waals surface area contributed by atoms with Crippen LogP contribution in [0.4, 0.5) is 0 Å². The average Bonchev–Trinajstić information content (AvgIpc) is 3.38. The Morgan fingerprint density at radius 2 is 1.64 bits per heavy atom. The number of unbranched alkanes of at least 4 members (excludes halogenated alkanes) is 1. The molecule has 0 fully saturated rings. The normalized spacial score (nSPS) is 18.0. The standard InChI is InChI=1S/C23H20O4S/c1-2-3-8-28-11-18-15(6-7-19-22(18)27-13-24-19)16-5-4-14-9-20-21(26-12-25-20)10-17(14)23(16)28/h4-7,9-11H,2-3,8,12-13H2,1H3. The molecule has 1 unspecified atom stereocenters. The summed E-state index contributed by atoms with van der Waals surface area (Å²) in [4.78, 5) is 1.41. The zero-order valence-corrected chi connectivity index (χ0v) is 16.4. The fourth-order valence-corrected chi connectivity index (χ4v) is 6.67. The van der Waals surface area contributed by atoms with Gasteiger partial charge in [-0.2, -0.15) is 10.5 Å². The predicted octanol–water partition coefficient (Wildman–Crippen LogP) is 5.56. The molecule has 0 aromatic heterocycles. The van der Waals surface area contributed by atoms with E-state index in [2.05, 4.69) is 42.6 Å². The molecule has 0 amide bonds. The zero-order valence-electron chi connectivity index (χ0n) is 15.6. The Balaban J connectivity index is 1.65. The van der Waals surface area contributed by atoms with Crippen molar-refractivity contribution in [1.82, 2.24) is 0 Å². The predicted molar refractivity (Wildman–Crippen MR) is 112 cm³/mol. The molecule has 3 aliphatic heterocycles. The van der Waals surface area contributed by atoms with Crippen molar-refractivity contribution in [3.63, 3.8) is 0 Å². The molecule has 0 bridgehead atoms. The van der Waals surface area contributed by atoms with Crippen LogP contribution in [0.2, 0.25) is 0 Å². The van der Waals surface area contributed by atoms with Gasteiger partial charge in [-0.3, -0.25) is 0 Å². The maximum Gasteiger partial charge on any atom is 0.231 e. The topological polar surface area (TPSA) is 36.9 Å². The molecule has 0 radical (unpaired) electrons. The maximum atomic E-state index is 5.83. The highest BCUT2D eigenvalue weighted by Crippen LogP contribution is 2.52. The first kappa shape index (κ1) is 16.3. The van der Waals surface area contributed by atoms with E-state index in [9.17, 15) is 0 Å². The second-order valence-corrected chi connectivity index (χ2v) is 9.14. The lowest BCUT2D eigenvalue weighted by atomic mass is 9.96. The Morgan fingerprint density at radius 1 is 0.857 bits per heavy atom. The van der Waals surface area contributed by atoms with E-state index in [4.69, 9.17) is 18.9 Å². The quantitative estimate of drug-likeness (QED) is 0.547. The van der Waals surface area contributed by atoms with Crippen molar-refractivity contribution >= 4 is 26.6 Å². The van der Waals surface area contributed by atoms with Gasteiger partial charge in [0.05, 0.1) is 0 Å². The van der Waals surface area contributed by atoms with E-state index < -0.39 is 0 Å². The summed E-state index contributed by atoms with van der Waals surface area (Å²) < 4.78 is 22.7. The van der Waals surface area contributed by atoms with E-state index in [-0.39, 0.29) is 10.5 Å². The number of benzene rings is 3. The van der Waals surface area contributed by atoms with Crippen LogP contribution < -0.4 is 18.9 Å². The van der Waals surface area contributed by atoms with E-state index in [1.54, 1.807) is 0 Å². The molecular weight excluding hydrogens is 372 g/mol. The number of ether oxygens (including phenoxy) is 4. The lowest BCUT2D eigenvalue weighted by molar-refractivity contribution is 0.173. The largest absolute Gasteiger partial charge is 0.454 e. The molecule has 4 nitrogen and oxygen atoms in total. The van der Waals surface area contributed by atoms with Crippen molar-refractivity contribution in [2.24, 2.45) is 0 Å². The van der Waals surface area contributed by atoms with Gasteiger partial charge < -0.3 is 18.9 Å². The van der Waals surface area contributed by atoms with Gasteiger partial charge in [-0.15, -0.1) is 0 Å². The summed E-state index contributed by atoms with van der Waals surface area (Å²) in [5, 5.41) is 4.88. The van der Waals surface area contributed by atoms with Crippen LogP contribution in [0.1, 0.15) is 25.3 Å². The molecule has 28 heavy (non-hydrogen) atoms. The second kappa shape index (κ2) is 6.17.